The summed E-state index contributed by atoms with van der Waals surface area (Å²) in [5.74, 6) is -0.937. The summed E-state index contributed by atoms with van der Waals surface area (Å²) in [5.41, 5.74) is 1.87. The third kappa shape index (κ3) is 5.25. The molecule has 188 valence electrons. The first-order chi connectivity index (χ1) is 17.3. The van der Waals surface area contributed by atoms with Gasteiger partial charge in [0.15, 0.2) is 0 Å². The molecular weight excluding hydrogens is 458 g/mol. The predicted molar refractivity (Wildman–Crippen MR) is 138 cm³/mol. The second kappa shape index (κ2) is 10.6. The molecule has 1 heterocycles. The van der Waals surface area contributed by atoms with Crippen molar-refractivity contribution in [2.45, 2.75) is 45.6 Å². The average Bonchev–Trinajstić information content (AvgIpc) is 3.46. The van der Waals surface area contributed by atoms with Crippen molar-refractivity contribution >= 4 is 29.1 Å². The van der Waals surface area contributed by atoms with E-state index in [1.54, 1.807) is 42.9 Å². The molecule has 3 amide bonds. The quantitative estimate of drug-likeness (QED) is 0.472. The van der Waals surface area contributed by atoms with E-state index in [9.17, 15) is 19.2 Å². The van der Waals surface area contributed by atoms with Crippen molar-refractivity contribution in [3.8, 4) is 5.69 Å². The molecule has 3 N–H and O–H groups in total. The number of anilines is 2. The summed E-state index contributed by atoms with van der Waals surface area (Å²) in [6.45, 7) is 3.16. The molecule has 1 fully saturated rings. The fourth-order valence-corrected chi connectivity index (χ4v) is 4.76. The standard InChI is InChI=1S/C27H31N5O4/c1-17-23(27(36)32(31(17)3)22-14-5-4-6-15-22)30-25(34)20-12-9-13-21(16-20)29-26(35)24(28-18(2)33)19-10-7-8-11-19/h4-6,9,12-16,19,24H,7-8,10-11H2,1-3H3,(H,28,33)(H,29,35)(H,30,34). The highest BCUT2D eigenvalue weighted by atomic mass is 16.2. The molecule has 0 aliphatic heterocycles. The number of nitrogens with zero attached hydrogens (tertiary/aromatic N) is 2. The smallest absolute Gasteiger partial charge is 0.295 e. The first-order valence-electron chi connectivity index (χ1n) is 12.1. The van der Waals surface area contributed by atoms with Gasteiger partial charge in [-0.3, -0.25) is 23.9 Å². The largest absolute Gasteiger partial charge is 0.344 e. The van der Waals surface area contributed by atoms with Crippen LogP contribution >= 0.6 is 0 Å². The highest BCUT2D eigenvalue weighted by Crippen LogP contribution is 2.28. The number of aromatic nitrogens is 2. The molecule has 3 aromatic rings. The molecule has 1 unspecified atom stereocenters. The van der Waals surface area contributed by atoms with E-state index in [2.05, 4.69) is 16.0 Å². The molecule has 0 saturated heterocycles. The lowest BCUT2D eigenvalue weighted by Gasteiger charge is -2.23. The van der Waals surface area contributed by atoms with Crippen LogP contribution in [0.3, 0.4) is 0 Å². The van der Waals surface area contributed by atoms with Crippen LogP contribution in [-0.4, -0.2) is 33.1 Å². The number of carbonyl (C=O) groups excluding carboxylic acids is 3. The Labute approximate surface area is 209 Å². The van der Waals surface area contributed by atoms with E-state index in [0.29, 0.717) is 22.6 Å². The molecule has 0 spiro atoms. The van der Waals surface area contributed by atoms with Gasteiger partial charge in [0.25, 0.3) is 11.5 Å². The molecule has 1 aromatic heterocycles. The zero-order valence-corrected chi connectivity index (χ0v) is 20.7. The minimum atomic E-state index is -0.620. The van der Waals surface area contributed by atoms with Crippen molar-refractivity contribution in [1.82, 2.24) is 14.7 Å². The molecule has 1 aliphatic carbocycles. The van der Waals surface area contributed by atoms with Crippen molar-refractivity contribution in [3.05, 3.63) is 76.2 Å². The SMILES string of the molecule is CC(=O)NC(C(=O)Nc1cccc(C(=O)Nc2c(C)n(C)n(-c3ccccc3)c2=O)c1)C1CCCC1. The van der Waals surface area contributed by atoms with Crippen molar-refractivity contribution in [3.63, 3.8) is 0 Å². The lowest BCUT2D eigenvalue weighted by Crippen LogP contribution is -2.47. The Hall–Kier alpha value is -4.14. The van der Waals surface area contributed by atoms with Gasteiger partial charge >= 0.3 is 0 Å². The van der Waals surface area contributed by atoms with E-state index >= 15 is 0 Å². The highest BCUT2D eigenvalue weighted by Gasteiger charge is 2.31. The molecule has 4 rings (SSSR count). The van der Waals surface area contributed by atoms with Crippen molar-refractivity contribution < 1.29 is 14.4 Å². The van der Waals surface area contributed by atoms with Crippen LogP contribution in [0.5, 0.6) is 0 Å². The second-order valence-electron chi connectivity index (χ2n) is 9.18. The molecule has 9 heteroatoms. The van der Waals surface area contributed by atoms with Crippen LogP contribution in [0, 0.1) is 12.8 Å². The summed E-state index contributed by atoms with van der Waals surface area (Å²) in [6.07, 6.45) is 3.85. The molecule has 9 nitrogen and oxygen atoms in total. The Morgan fingerprint density at radius 1 is 0.972 bits per heavy atom. The number of nitrogens with one attached hydrogen (secondary N) is 3. The minimum absolute atomic E-state index is 0.0909. The van der Waals surface area contributed by atoms with Crippen molar-refractivity contribution in [2.75, 3.05) is 10.6 Å². The second-order valence-corrected chi connectivity index (χ2v) is 9.18. The van der Waals surface area contributed by atoms with Crippen molar-refractivity contribution in [1.29, 1.82) is 0 Å². The summed E-state index contributed by atoms with van der Waals surface area (Å²) in [6, 6.07) is 15.1. The summed E-state index contributed by atoms with van der Waals surface area (Å²) in [5, 5.41) is 8.35. The Bertz CT molecular complexity index is 1340. The summed E-state index contributed by atoms with van der Waals surface area (Å²) in [7, 11) is 1.76. The van der Waals surface area contributed by atoms with Gasteiger partial charge in [0.05, 0.1) is 11.4 Å². The van der Waals surface area contributed by atoms with Gasteiger partial charge in [-0.1, -0.05) is 37.1 Å². The monoisotopic (exact) mass is 489 g/mol. The first kappa shape index (κ1) is 25.0. The summed E-state index contributed by atoms with van der Waals surface area (Å²) >= 11 is 0. The molecule has 2 aromatic carbocycles. The van der Waals surface area contributed by atoms with Gasteiger partial charge in [-0.05, 0) is 56.0 Å². The average molecular weight is 490 g/mol. The van der Waals surface area contributed by atoms with Crippen LogP contribution in [-0.2, 0) is 16.6 Å². The maximum Gasteiger partial charge on any atom is 0.295 e. The molecule has 1 atom stereocenters. The van der Waals surface area contributed by atoms with Crippen molar-refractivity contribution in [2.24, 2.45) is 13.0 Å². The summed E-state index contributed by atoms with van der Waals surface area (Å²) < 4.78 is 3.18. The van der Waals surface area contributed by atoms with Gasteiger partial charge < -0.3 is 16.0 Å². The van der Waals surface area contributed by atoms with Crippen LogP contribution in [0.15, 0.2) is 59.4 Å². The van der Waals surface area contributed by atoms with E-state index < -0.39 is 11.9 Å². The number of benzene rings is 2. The van der Waals surface area contributed by atoms with Crippen LogP contribution < -0.4 is 21.5 Å². The van der Waals surface area contributed by atoms with Crippen LogP contribution in [0.1, 0.15) is 48.7 Å². The minimum Gasteiger partial charge on any atom is -0.344 e. The van der Waals surface area contributed by atoms with E-state index in [1.807, 2.05) is 30.3 Å². The third-order valence-electron chi connectivity index (χ3n) is 6.70. The highest BCUT2D eigenvalue weighted by molar-refractivity contribution is 6.06. The number of carbonyl (C=O) groups is 3. The topological polar surface area (TPSA) is 114 Å². The lowest BCUT2D eigenvalue weighted by atomic mass is 9.97. The van der Waals surface area contributed by atoms with E-state index in [4.69, 9.17) is 0 Å². The van der Waals surface area contributed by atoms with Crippen LogP contribution in [0.2, 0.25) is 0 Å². The Kier molecular flexibility index (Phi) is 7.38. The number of hydrogen-bond donors (Lipinski definition) is 3. The first-order valence-corrected chi connectivity index (χ1v) is 12.1. The maximum atomic E-state index is 13.1. The lowest BCUT2D eigenvalue weighted by molar-refractivity contribution is -0.126. The molecule has 1 saturated carbocycles. The fourth-order valence-electron chi connectivity index (χ4n) is 4.76. The zero-order valence-electron chi connectivity index (χ0n) is 20.7. The van der Waals surface area contributed by atoms with Gasteiger partial charge in [-0.2, -0.15) is 0 Å². The number of rotatable bonds is 7. The number of para-hydroxylation sites is 1. The van der Waals surface area contributed by atoms with Gasteiger partial charge in [0.1, 0.15) is 11.7 Å². The Morgan fingerprint density at radius 2 is 1.67 bits per heavy atom. The third-order valence-corrected chi connectivity index (χ3v) is 6.70. The predicted octanol–water partition coefficient (Wildman–Crippen LogP) is 3.37. The Morgan fingerprint density at radius 3 is 2.33 bits per heavy atom. The van der Waals surface area contributed by atoms with Gasteiger partial charge in [-0.15, -0.1) is 0 Å². The van der Waals surface area contributed by atoms with E-state index in [0.717, 1.165) is 25.7 Å². The normalized spacial score (nSPS) is 14.3. The molecule has 36 heavy (non-hydrogen) atoms. The van der Waals surface area contributed by atoms with Gasteiger partial charge in [0.2, 0.25) is 11.8 Å². The van der Waals surface area contributed by atoms with Crippen LogP contribution in [0.25, 0.3) is 5.69 Å². The summed E-state index contributed by atoms with van der Waals surface area (Å²) in [4.78, 5) is 50.9. The van der Waals surface area contributed by atoms with Gasteiger partial charge in [0, 0.05) is 25.2 Å². The molecular formula is C27H31N5O4. The van der Waals surface area contributed by atoms with Gasteiger partial charge in [-0.25, -0.2) is 4.68 Å². The Balaban J connectivity index is 1.53. The van der Waals surface area contributed by atoms with E-state index in [1.165, 1.54) is 11.6 Å². The fraction of sp³-hybridized carbons (Fsp3) is 0.333. The number of amides is 3. The molecule has 1 aliphatic rings. The van der Waals surface area contributed by atoms with E-state index in [-0.39, 0.29) is 29.0 Å². The van der Waals surface area contributed by atoms with Crippen LogP contribution in [0.4, 0.5) is 11.4 Å². The number of hydrogen-bond acceptors (Lipinski definition) is 4. The maximum absolute atomic E-state index is 13.1. The zero-order chi connectivity index (χ0) is 25.8. The molecule has 0 bridgehead atoms. The molecule has 0 radical (unpaired) electrons.